The predicted molar refractivity (Wildman–Crippen MR) is 168 cm³/mol. The van der Waals surface area contributed by atoms with Gasteiger partial charge in [0.1, 0.15) is 0 Å². The van der Waals surface area contributed by atoms with E-state index in [-0.39, 0.29) is 10.8 Å². The molecule has 39 heavy (non-hydrogen) atoms. The van der Waals surface area contributed by atoms with Crippen LogP contribution < -0.4 is 0 Å². The highest BCUT2D eigenvalue weighted by Gasteiger charge is 2.32. The maximum Gasteiger partial charge on any atom is -0.000650 e. The minimum atomic E-state index is 0.0237. The summed E-state index contributed by atoms with van der Waals surface area (Å²) in [5.41, 5.74) is 15.8. The molecule has 2 aliphatic rings. The molecule has 0 bridgehead atoms. The van der Waals surface area contributed by atoms with Gasteiger partial charge in [-0.05, 0) is 109 Å². The topological polar surface area (TPSA) is 0 Å². The smallest absolute Gasteiger partial charge is 0.000650 e. The van der Waals surface area contributed by atoms with Gasteiger partial charge in [0.15, 0.2) is 0 Å². The normalized spacial score (nSPS) is 14.6. The number of rotatable bonds is 4. The van der Waals surface area contributed by atoms with Gasteiger partial charge in [0.2, 0.25) is 0 Å². The van der Waals surface area contributed by atoms with Gasteiger partial charge in [-0.2, -0.15) is 0 Å². The molecule has 6 rings (SSSR count). The molecule has 4 aromatic rings. The van der Waals surface area contributed by atoms with Crippen LogP contribution in [0.5, 0.6) is 0 Å². The average molecular weight is 509 g/mol. The lowest BCUT2D eigenvalue weighted by Gasteiger charge is -2.29. The van der Waals surface area contributed by atoms with E-state index in [1.165, 1.54) is 61.2 Å². The third kappa shape index (κ3) is 4.71. The Labute approximate surface area is 235 Å². The minimum absolute atomic E-state index is 0.0237. The van der Waals surface area contributed by atoms with Crippen molar-refractivity contribution in [1.29, 1.82) is 0 Å². The van der Waals surface area contributed by atoms with Crippen LogP contribution in [0, 0.1) is 5.92 Å². The highest BCUT2D eigenvalue weighted by atomic mass is 14.4. The van der Waals surface area contributed by atoms with Crippen molar-refractivity contribution >= 4 is 0 Å². The number of benzene rings is 4. The van der Waals surface area contributed by atoms with E-state index >= 15 is 0 Å². The molecular formula is C39H40. The van der Waals surface area contributed by atoms with Gasteiger partial charge in [-0.1, -0.05) is 127 Å². The van der Waals surface area contributed by atoms with Crippen molar-refractivity contribution in [3.8, 4) is 33.4 Å². The van der Waals surface area contributed by atoms with Crippen molar-refractivity contribution in [3.63, 3.8) is 0 Å². The van der Waals surface area contributed by atoms with Crippen molar-refractivity contribution in [1.82, 2.24) is 0 Å². The van der Waals surface area contributed by atoms with Gasteiger partial charge in [-0.15, -0.1) is 0 Å². The first-order chi connectivity index (χ1) is 18.6. The Balaban J connectivity index is 1.64. The van der Waals surface area contributed by atoms with Gasteiger partial charge in [0.25, 0.3) is 0 Å². The highest BCUT2D eigenvalue weighted by Crippen LogP contribution is 2.49. The summed E-state index contributed by atoms with van der Waals surface area (Å²) in [6.45, 7) is 14.2. The molecule has 0 amide bonds. The fourth-order valence-corrected chi connectivity index (χ4v) is 6.53. The van der Waals surface area contributed by atoms with Gasteiger partial charge in [-0.25, -0.2) is 0 Å². The first kappa shape index (κ1) is 25.6. The van der Waals surface area contributed by atoms with Gasteiger partial charge in [-0.3, -0.25) is 0 Å². The van der Waals surface area contributed by atoms with Crippen LogP contribution in [0.3, 0.4) is 0 Å². The monoisotopic (exact) mass is 508 g/mol. The average Bonchev–Trinajstić information content (AvgIpc) is 3.55. The second-order valence-electron chi connectivity index (χ2n) is 13.4. The van der Waals surface area contributed by atoms with Crippen molar-refractivity contribution in [2.75, 3.05) is 0 Å². The number of fused-ring (bicyclic) bond motifs is 3. The Kier molecular flexibility index (Phi) is 6.26. The molecule has 0 saturated heterocycles. The van der Waals surface area contributed by atoms with E-state index in [4.69, 9.17) is 0 Å². The van der Waals surface area contributed by atoms with Gasteiger partial charge in [0.05, 0.1) is 0 Å². The van der Waals surface area contributed by atoms with Crippen molar-refractivity contribution in [3.05, 3.63) is 131 Å². The lowest BCUT2D eigenvalue weighted by Crippen LogP contribution is -2.16. The van der Waals surface area contributed by atoms with Crippen LogP contribution in [0.15, 0.2) is 103 Å². The van der Waals surface area contributed by atoms with E-state index in [2.05, 4.69) is 145 Å². The molecule has 0 spiro atoms. The number of hydrogen-bond acceptors (Lipinski definition) is 0. The van der Waals surface area contributed by atoms with Crippen LogP contribution in [-0.2, 0) is 23.7 Å². The first-order valence-electron chi connectivity index (χ1n) is 14.4. The Morgan fingerprint density at radius 1 is 0.615 bits per heavy atom. The zero-order valence-corrected chi connectivity index (χ0v) is 24.3. The molecule has 0 radical (unpaired) electrons. The van der Waals surface area contributed by atoms with Crippen LogP contribution >= 0.6 is 0 Å². The van der Waals surface area contributed by atoms with E-state index in [0.717, 1.165) is 12.8 Å². The fraction of sp³-hybridized carbons (Fsp3) is 0.282. The van der Waals surface area contributed by atoms with Crippen molar-refractivity contribution in [2.24, 2.45) is 5.92 Å². The predicted octanol–water partition coefficient (Wildman–Crippen LogP) is 10.5. The van der Waals surface area contributed by atoms with Crippen LogP contribution in [0.1, 0.15) is 69.4 Å². The summed E-state index contributed by atoms with van der Waals surface area (Å²) in [4.78, 5) is 0. The molecule has 196 valence electrons. The lowest BCUT2D eigenvalue weighted by atomic mass is 9.75. The summed E-state index contributed by atoms with van der Waals surface area (Å²) in [7, 11) is 0. The van der Waals surface area contributed by atoms with Crippen molar-refractivity contribution < 1.29 is 0 Å². The molecule has 0 aromatic heterocycles. The molecule has 0 heteroatoms. The Morgan fingerprint density at radius 3 is 1.77 bits per heavy atom. The molecule has 0 unspecified atom stereocenters. The molecule has 0 nitrogen and oxygen atoms in total. The molecule has 2 aliphatic carbocycles. The maximum absolute atomic E-state index is 2.54. The number of hydrogen-bond donors (Lipinski definition) is 0. The Bertz CT molecular complexity index is 1570. The van der Waals surface area contributed by atoms with E-state index in [1.54, 1.807) is 0 Å². The first-order valence-corrected chi connectivity index (χ1v) is 14.4. The molecule has 0 aliphatic heterocycles. The summed E-state index contributed by atoms with van der Waals surface area (Å²) in [6.07, 6.45) is 11.2. The van der Waals surface area contributed by atoms with Gasteiger partial charge < -0.3 is 0 Å². The minimum Gasteiger partial charge on any atom is -0.0773 e. The van der Waals surface area contributed by atoms with E-state index in [9.17, 15) is 0 Å². The third-order valence-electron chi connectivity index (χ3n) is 8.48. The molecule has 0 fully saturated rings. The summed E-state index contributed by atoms with van der Waals surface area (Å²) < 4.78 is 0. The Morgan fingerprint density at radius 2 is 1.18 bits per heavy atom. The largest absolute Gasteiger partial charge is 0.0773 e. The van der Waals surface area contributed by atoms with Crippen molar-refractivity contribution in [2.45, 2.75) is 65.2 Å². The molecule has 0 heterocycles. The zero-order valence-electron chi connectivity index (χ0n) is 24.3. The summed E-state index contributed by atoms with van der Waals surface area (Å²) in [5.74, 6) is 0.445. The Hall–Kier alpha value is -3.64. The zero-order chi connectivity index (χ0) is 27.4. The van der Waals surface area contributed by atoms with E-state index < -0.39 is 0 Å². The summed E-state index contributed by atoms with van der Waals surface area (Å²) in [6, 6.07) is 29.6. The molecule has 0 saturated carbocycles. The standard InChI is InChI=1S/C39H40/c1-38(2,3)35-24-30-29(22-31(35)27-17-9-7-10-18-27)23-32-33(30)25-36(39(4,5)6)37(28-19-11-8-12-20-28)34(32)21-26-15-13-14-16-26/h7-20,22,24-26H,21,23H2,1-6H3. The highest BCUT2D eigenvalue weighted by molar-refractivity contribution is 5.88. The second kappa shape index (κ2) is 9.53. The third-order valence-corrected chi connectivity index (χ3v) is 8.48. The SMILES string of the molecule is CC(C)(C)c1cc2c(cc1-c1ccccc1)Cc1c-2cc(C(C)(C)C)c(-c2ccccc2)c1CC1C=CC=C1. The molecule has 4 aromatic carbocycles. The quantitative estimate of drug-likeness (QED) is 0.226. The van der Waals surface area contributed by atoms with E-state index in [0.29, 0.717) is 5.92 Å². The number of allylic oxidation sites excluding steroid dienone is 4. The lowest BCUT2D eigenvalue weighted by molar-refractivity contribution is 0.590. The summed E-state index contributed by atoms with van der Waals surface area (Å²) >= 11 is 0. The van der Waals surface area contributed by atoms with Crippen LogP contribution in [0.2, 0.25) is 0 Å². The van der Waals surface area contributed by atoms with Gasteiger partial charge >= 0.3 is 0 Å². The van der Waals surface area contributed by atoms with Crippen LogP contribution in [-0.4, -0.2) is 0 Å². The molecular weight excluding hydrogens is 468 g/mol. The fourth-order valence-electron chi connectivity index (χ4n) is 6.53. The van der Waals surface area contributed by atoms with Crippen LogP contribution in [0.4, 0.5) is 0 Å². The second-order valence-corrected chi connectivity index (χ2v) is 13.4. The maximum atomic E-state index is 2.54. The summed E-state index contributed by atoms with van der Waals surface area (Å²) in [5, 5.41) is 0. The molecule has 0 N–H and O–H groups in total. The van der Waals surface area contributed by atoms with Gasteiger partial charge in [0, 0.05) is 0 Å². The molecule has 0 atom stereocenters. The van der Waals surface area contributed by atoms with Crippen LogP contribution in [0.25, 0.3) is 33.4 Å². The van der Waals surface area contributed by atoms with E-state index in [1.807, 2.05) is 0 Å².